The van der Waals surface area contributed by atoms with Gasteiger partial charge >= 0.3 is 5.97 Å². The van der Waals surface area contributed by atoms with Crippen molar-refractivity contribution in [1.29, 1.82) is 0 Å². The van der Waals surface area contributed by atoms with E-state index in [0.717, 1.165) is 23.5 Å². The van der Waals surface area contributed by atoms with Crippen LogP contribution in [0.2, 0.25) is 0 Å². The van der Waals surface area contributed by atoms with E-state index in [1.54, 1.807) is 6.07 Å². The number of aromatic nitrogens is 2. The summed E-state index contributed by atoms with van der Waals surface area (Å²) in [6.07, 6.45) is 0.725. The predicted octanol–water partition coefficient (Wildman–Crippen LogP) is 2.98. The molecule has 3 rings (SSSR count). The molecule has 19 heavy (non-hydrogen) atoms. The van der Waals surface area contributed by atoms with Crippen LogP contribution in [0.1, 0.15) is 21.5 Å². The molecule has 3 aromatic rings. The van der Waals surface area contributed by atoms with Gasteiger partial charge in [-0.3, -0.25) is 0 Å². The van der Waals surface area contributed by atoms with Gasteiger partial charge in [-0.05, 0) is 35.1 Å². The van der Waals surface area contributed by atoms with E-state index in [2.05, 4.69) is 9.59 Å². The second-order valence-electron chi connectivity index (χ2n) is 4.19. The molecule has 0 amide bonds. The Morgan fingerprint density at radius 2 is 1.95 bits per heavy atom. The molecule has 0 radical (unpaired) electrons. The van der Waals surface area contributed by atoms with Gasteiger partial charge in [0.25, 0.3) is 0 Å². The number of carbonyl (C=O) groups is 1. The van der Waals surface area contributed by atoms with Gasteiger partial charge in [-0.15, -0.1) is 5.10 Å². The summed E-state index contributed by atoms with van der Waals surface area (Å²) in [4.78, 5) is 11.1. The van der Waals surface area contributed by atoms with Crippen molar-refractivity contribution in [2.75, 3.05) is 0 Å². The van der Waals surface area contributed by atoms with Crippen molar-refractivity contribution in [3.8, 4) is 0 Å². The van der Waals surface area contributed by atoms with E-state index < -0.39 is 5.97 Å². The number of hydrogen-bond acceptors (Lipinski definition) is 4. The van der Waals surface area contributed by atoms with E-state index in [9.17, 15) is 4.79 Å². The zero-order chi connectivity index (χ0) is 13.2. The minimum atomic E-state index is -0.942. The quantitative estimate of drug-likeness (QED) is 0.794. The molecule has 1 N–H and O–H groups in total. The Hall–Kier alpha value is -2.27. The van der Waals surface area contributed by atoms with Crippen LogP contribution in [0.3, 0.4) is 0 Å². The average Bonchev–Trinajstić information content (AvgIpc) is 2.89. The zero-order valence-corrected chi connectivity index (χ0v) is 10.7. The van der Waals surface area contributed by atoms with Crippen LogP contribution in [0.25, 0.3) is 10.2 Å². The maximum Gasteiger partial charge on any atom is 0.337 e. The van der Waals surface area contributed by atoms with Gasteiger partial charge in [-0.2, -0.15) is 0 Å². The van der Waals surface area contributed by atoms with Gasteiger partial charge in [0.2, 0.25) is 0 Å². The fourth-order valence-corrected chi connectivity index (χ4v) is 2.76. The van der Waals surface area contributed by atoms with Crippen LogP contribution in [0.4, 0.5) is 0 Å². The number of carboxylic acids is 1. The molecule has 0 atom stereocenters. The number of nitrogens with zero attached hydrogens (tertiary/aromatic N) is 2. The van der Waals surface area contributed by atoms with E-state index in [4.69, 9.17) is 5.11 Å². The molecule has 5 heteroatoms. The normalized spacial score (nSPS) is 10.7. The van der Waals surface area contributed by atoms with Crippen LogP contribution in [-0.4, -0.2) is 20.7 Å². The summed E-state index contributed by atoms with van der Waals surface area (Å²) >= 11 is 1.13. The van der Waals surface area contributed by atoms with Crippen molar-refractivity contribution in [1.82, 2.24) is 9.59 Å². The molecule has 1 heterocycles. The topological polar surface area (TPSA) is 63.1 Å². The van der Waals surface area contributed by atoms with Crippen molar-refractivity contribution >= 4 is 27.7 Å². The standard InChI is InChI=1S/C14H10N2O2S/c17-14(18)11-7-6-10(12-13(11)19-16-15-12)8-9-4-2-1-3-5-9/h1-7H,8H2,(H,17,18). The lowest BCUT2D eigenvalue weighted by molar-refractivity contribution is 0.0699. The Bertz CT molecular complexity index is 738. The SMILES string of the molecule is O=C(O)c1ccc(Cc2ccccc2)c2nnsc12. The van der Waals surface area contributed by atoms with Crippen molar-refractivity contribution in [3.63, 3.8) is 0 Å². The highest BCUT2D eigenvalue weighted by Crippen LogP contribution is 2.25. The van der Waals surface area contributed by atoms with E-state index >= 15 is 0 Å². The van der Waals surface area contributed by atoms with Crippen molar-refractivity contribution < 1.29 is 9.90 Å². The Balaban J connectivity index is 2.08. The fourth-order valence-electron chi connectivity index (χ4n) is 2.04. The van der Waals surface area contributed by atoms with E-state index in [1.165, 1.54) is 5.56 Å². The first-order valence-electron chi connectivity index (χ1n) is 5.77. The first-order valence-corrected chi connectivity index (χ1v) is 6.54. The van der Waals surface area contributed by atoms with Gasteiger partial charge in [0.15, 0.2) is 0 Å². The van der Waals surface area contributed by atoms with Crippen molar-refractivity contribution in [2.24, 2.45) is 0 Å². The Kier molecular flexibility index (Phi) is 2.97. The molecule has 0 saturated heterocycles. The number of rotatable bonds is 3. The molecule has 94 valence electrons. The third kappa shape index (κ3) is 2.20. The van der Waals surface area contributed by atoms with Crippen LogP contribution < -0.4 is 0 Å². The first kappa shape index (κ1) is 11.8. The summed E-state index contributed by atoms with van der Waals surface area (Å²) in [7, 11) is 0. The van der Waals surface area contributed by atoms with Crippen LogP contribution in [0.5, 0.6) is 0 Å². The minimum absolute atomic E-state index is 0.266. The molecular weight excluding hydrogens is 260 g/mol. The van der Waals surface area contributed by atoms with Gasteiger partial charge in [0.05, 0.1) is 10.3 Å². The van der Waals surface area contributed by atoms with Gasteiger partial charge in [0.1, 0.15) is 5.52 Å². The molecule has 0 spiro atoms. The molecule has 0 fully saturated rings. The van der Waals surface area contributed by atoms with Crippen molar-refractivity contribution in [2.45, 2.75) is 6.42 Å². The summed E-state index contributed by atoms with van der Waals surface area (Å²) < 4.78 is 4.51. The first-order chi connectivity index (χ1) is 9.25. The molecule has 4 nitrogen and oxygen atoms in total. The molecular formula is C14H10N2O2S. The summed E-state index contributed by atoms with van der Waals surface area (Å²) in [5.41, 5.74) is 3.12. The second-order valence-corrected chi connectivity index (χ2v) is 4.94. The number of hydrogen-bond donors (Lipinski definition) is 1. The second kappa shape index (κ2) is 4.78. The number of aromatic carboxylic acids is 1. The molecule has 0 saturated carbocycles. The molecule has 0 bridgehead atoms. The highest BCUT2D eigenvalue weighted by atomic mass is 32.1. The monoisotopic (exact) mass is 270 g/mol. The predicted molar refractivity (Wildman–Crippen MR) is 73.6 cm³/mol. The molecule has 0 aliphatic heterocycles. The lowest BCUT2D eigenvalue weighted by Gasteiger charge is -2.04. The van der Waals surface area contributed by atoms with Gasteiger partial charge in [-0.1, -0.05) is 40.9 Å². The third-order valence-corrected chi connectivity index (χ3v) is 3.71. The summed E-state index contributed by atoms with van der Waals surface area (Å²) in [6.45, 7) is 0. The van der Waals surface area contributed by atoms with E-state index in [0.29, 0.717) is 10.2 Å². The van der Waals surface area contributed by atoms with Crippen LogP contribution in [-0.2, 0) is 6.42 Å². The van der Waals surface area contributed by atoms with Crippen LogP contribution in [0.15, 0.2) is 42.5 Å². The minimum Gasteiger partial charge on any atom is -0.478 e. The maximum absolute atomic E-state index is 11.1. The zero-order valence-electron chi connectivity index (χ0n) is 9.91. The molecule has 0 aliphatic carbocycles. The van der Waals surface area contributed by atoms with Gasteiger partial charge in [0, 0.05) is 0 Å². The largest absolute Gasteiger partial charge is 0.478 e. The number of benzene rings is 2. The lowest BCUT2D eigenvalue weighted by Crippen LogP contribution is -1.98. The Labute approximate surface area is 113 Å². The van der Waals surface area contributed by atoms with Crippen molar-refractivity contribution in [3.05, 3.63) is 59.2 Å². The van der Waals surface area contributed by atoms with E-state index in [-0.39, 0.29) is 5.56 Å². The lowest BCUT2D eigenvalue weighted by atomic mass is 10.0. The Morgan fingerprint density at radius 3 is 2.68 bits per heavy atom. The molecule has 2 aromatic carbocycles. The number of fused-ring (bicyclic) bond motifs is 1. The summed E-state index contributed by atoms with van der Waals surface area (Å²) in [5.74, 6) is -0.942. The van der Waals surface area contributed by atoms with Crippen LogP contribution >= 0.6 is 11.5 Å². The molecule has 1 aromatic heterocycles. The van der Waals surface area contributed by atoms with Gasteiger partial charge in [-0.25, -0.2) is 4.79 Å². The fraction of sp³-hybridized carbons (Fsp3) is 0.0714. The highest BCUT2D eigenvalue weighted by molar-refractivity contribution is 7.13. The maximum atomic E-state index is 11.1. The van der Waals surface area contributed by atoms with Gasteiger partial charge < -0.3 is 5.11 Å². The summed E-state index contributed by atoms with van der Waals surface area (Å²) in [6, 6.07) is 13.5. The highest BCUT2D eigenvalue weighted by Gasteiger charge is 2.14. The summed E-state index contributed by atoms with van der Waals surface area (Å²) in [5, 5.41) is 13.2. The average molecular weight is 270 g/mol. The Morgan fingerprint density at radius 1 is 1.16 bits per heavy atom. The number of carboxylic acid groups (broad SMARTS) is 1. The molecule has 0 unspecified atom stereocenters. The molecule has 0 aliphatic rings. The smallest absolute Gasteiger partial charge is 0.337 e. The van der Waals surface area contributed by atoms with Crippen LogP contribution in [0, 0.1) is 0 Å². The van der Waals surface area contributed by atoms with E-state index in [1.807, 2.05) is 36.4 Å². The third-order valence-electron chi connectivity index (χ3n) is 2.96.